The van der Waals surface area contributed by atoms with Gasteiger partial charge in [-0.05, 0) is 87.1 Å². The van der Waals surface area contributed by atoms with Gasteiger partial charge in [-0.1, -0.05) is 23.8 Å². The molecule has 0 bridgehead atoms. The standard InChI is InChI=1S/C23H26F4O3S/c1-16-4-11-20(12-5-16)31(28,29)30-14-2-3-17-6-8-18(9-7-17)19-10-13-21(22(24)15-19)23(25,26)27/h4-5,10-13,15,17-18H,2-3,6-9,14H2,1H3. The fraction of sp³-hybridized carbons (Fsp3) is 0.478. The van der Waals surface area contributed by atoms with E-state index in [-0.39, 0.29) is 17.4 Å². The summed E-state index contributed by atoms with van der Waals surface area (Å²) in [5.41, 5.74) is 0.343. The Morgan fingerprint density at radius 1 is 1.00 bits per heavy atom. The highest BCUT2D eigenvalue weighted by Gasteiger charge is 2.34. The van der Waals surface area contributed by atoms with Gasteiger partial charge >= 0.3 is 6.18 Å². The van der Waals surface area contributed by atoms with Crippen LogP contribution < -0.4 is 0 Å². The maximum Gasteiger partial charge on any atom is 0.419 e. The van der Waals surface area contributed by atoms with Crippen LogP contribution in [0.5, 0.6) is 0 Å². The fourth-order valence-corrected chi connectivity index (χ4v) is 5.06. The average Bonchev–Trinajstić information content (AvgIpc) is 2.71. The number of aryl methyl sites for hydroxylation is 1. The lowest BCUT2D eigenvalue weighted by Gasteiger charge is -2.29. The number of hydrogen-bond acceptors (Lipinski definition) is 3. The quantitative estimate of drug-likeness (QED) is 0.266. The highest BCUT2D eigenvalue weighted by Crippen LogP contribution is 2.39. The first-order chi connectivity index (χ1) is 14.6. The van der Waals surface area contributed by atoms with Gasteiger partial charge in [0.15, 0.2) is 0 Å². The highest BCUT2D eigenvalue weighted by atomic mass is 32.2. The van der Waals surface area contributed by atoms with Crippen LogP contribution in [0, 0.1) is 18.7 Å². The van der Waals surface area contributed by atoms with Crippen LogP contribution in [-0.2, 0) is 20.5 Å². The second-order valence-corrected chi connectivity index (χ2v) is 9.80. The van der Waals surface area contributed by atoms with Crippen LogP contribution in [0.1, 0.15) is 61.1 Å². The van der Waals surface area contributed by atoms with Crippen molar-refractivity contribution in [1.29, 1.82) is 0 Å². The minimum Gasteiger partial charge on any atom is -0.266 e. The molecule has 0 radical (unpaired) electrons. The van der Waals surface area contributed by atoms with E-state index in [1.165, 1.54) is 18.2 Å². The summed E-state index contributed by atoms with van der Waals surface area (Å²) < 4.78 is 81.5. The SMILES string of the molecule is Cc1ccc(S(=O)(=O)OCCCC2CCC(c3ccc(C(F)(F)F)c(F)c3)CC2)cc1. The van der Waals surface area contributed by atoms with Gasteiger partial charge in [-0.3, -0.25) is 4.18 Å². The van der Waals surface area contributed by atoms with Crippen LogP contribution in [0.3, 0.4) is 0 Å². The minimum atomic E-state index is -4.69. The molecule has 3 nitrogen and oxygen atoms in total. The zero-order chi connectivity index (χ0) is 22.6. The Morgan fingerprint density at radius 2 is 1.65 bits per heavy atom. The highest BCUT2D eigenvalue weighted by molar-refractivity contribution is 7.86. The average molecular weight is 459 g/mol. The molecule has 0 amide bonds. The number of alkyl halides is 3. The molecular formula is C23H26F4O3S. The molecule has 1 saturated carbocycles. The van der Waals surface area contributed by atoms with Crippen molar-refractivity contribution in [2.24, 2.45) is 5.92 Å². The van der Waals surface area contributed by atoms with E-state index in [4.69, 9.17) is 4.18 Å². The first-order valence-electron chi connectivity index (χ1n) is 10.4. The molecule has 0 aromatic heterocycles. The Bertz CT molecular complexity index is 977. The van der Waals surface area contributed by atoms with E-state index >= 15 is 0 Å². The maximum atomic E-state index is 13.8. The van der Waals surface area contributed by atoms with Gasteiger partial charge in [0.05, 0.1) is 17.1 Å². The van der Waals surface area contributed by atoms with Gasteiger partial charge in [0.25, 0.3) is 10.1 Å². The van der Waals surface area contributed by atoms with Crippen molar-refractivity contribution in [3.63, 3.8) is 0 Å². The molecule has 0 atom stereocenters. The maximum absolute atomic E-state index is 13.8. The number of rotatable bonds is 7. The van der Waals surface area contributed by atoms with Crippen LogP contribution in [0.15, 0.2) is 47.4 Å². The monoisotopic (exact) mass is 458 g/mol. The molecule has 1 aliphatic rings. The van der Waals surface area contributed by atoms with Gasteiger partial charge in [-0.2, -0.15) is 21.6 Å². The van der Waals surface area contributed by atoms with E-state index in [1.807, 2.05) is 6.92 Å². The molecule has 0 spiro atoms. The second-order valence-electron chi connectivity index (χ2n) is 8.19. The molecule has 0 saturated heterocycles. The van der Waals surface area contributed by atoms with Gasteiger partial charge in [0.1, 0.15) is 5.82 Å². The predicted molar refractivity (Wildman–Crippen MR) is 110 cm³/mol. The lowest BCUT2D eigenvalue weighted by atomic mass is 9.77. The molecule has 8 heteroatoms. The van der Waals surface area contributed by atoms with Crippen molar-refractivity contribution in [2.45, 2.75) is 62.4 Å². The van der Waals surface area contributed by atoms with Crippen molar-refractivity contribution < 1.29 is 30.2 Å². The van der Waals surface area contributed by atoms with Crippen LogP contribution in [0.4, 0.5) is 17.6 Å². The molecule has 0 heterocycles. The Morgan fingerprint density at radius 3 is 2.23 bits per heavy atom. The van der Waals surface area contributed by atoms with Gasteiger partial charge in [-0.15, -0.1) is 0 Å². The Labute approximate surface area is 180 Å². The summed E-state index contributed by atoms with van der Waals surface area (Å²) >= 11 is 0. The van der Waals surface area contributed by atoms with Gasteiger partial charge < -0.3 is 0 Å². The third kappa shape index (κ3) is 6.29. The minimum absolute atomic E-state index is 0.0474. The van der Waals surface area contributed by atoms with Crippen molar-refractivity contribution >= 4 is 10.1 Å². The third-order valence-electron chi connectivity index (χ3n) is 5.92. The lowest BCUT2D eigenvalue weighted by Crippen LogP contribution is -2.15. The van der Waals surface area contributed by atoms with E-state index in [0.29, 0.717) is 17.9 Å². The van der Waals surface area contributed by atoms with Crippen molar-refractivity contribution in [1.82, 2.24) is 0 Å². The molecule has 0 N–H and O–H groups in total. The van der Waals surface area contributed by atoms with Gasteiger partial charge in [-0.25, -0.2) is 4.39 Å². The summed E-state index contributed by atoms with van der Waals surface area (Å²) in [5, 5.41) is 0. The van der Waals surface area contributed by atoms with Crippen molar-refractivity contribution in [3.05, 3.63) is 65.0 Å². The Kier molecular flexibility index (Phi) is 7.42. The summed E-state index contributed by atoms with van der Waals surface area (Å²) in [5.74, 6) is -0.772. The smallest absolute Gasteiger partial charge is 0.266 e. The summed E-state index contributed by atoms with van der Waals surface area (Å²) in [6, 6.07) is 9.70. The lowest BCUT2D eigenvalue weighted by molar-refractivity contribution is -0.140. The zero-order valence-corrected chi connectivity index (χ0v) is 18.1. The van der Waals surface area contributed by atoms with Gasteiger partial charge in [0.2, 0.25) is 0 Å². The predicted octanol–water partition coefficient (Wildman–Crippen LogP) is 6.61. The summed E-state index contributed by atoms with van der Waals surface area (Å²) in [4.78, 5) is 0.141. The Balaban J connectivity index is 1.43. The number of hydrogen-bond donors (Lipinski definition) is 0. The van der Waals surface area contributed by atoms with Crippen LogP contribution in [-0.4, -0.2) is 15.0 Å². The zero-order valence-electron chi connectivity index (χ0n) is 17.3. The summed E-state index contributed by atoms with van der Waals surface area (Å²) in [6.07, 6.45) is 0.0359. The second kappa shape index (κ2) is 9.69. The van der Waals surface area contributed by atoms with Crippen LogP contribution >= 0.6 is 0 Å². The van der Waals surface area contributed by atoms with Gasteiger partial charge in [0, 0.05) is 0 Å². The first-order valence-corrected chi connectivity index (χ1v) is 11.8. The summed E-state index contributed by atoms with van der Waals surface area (Å²) in [6.45, 7) is 1.99. The van der Waals surface area contributed by atoms with Crippen LogP contribution in [0.2, 0.25) is 0 Å². The molecular weight excluding hydrogens is 432 g/mol. The normalized spacial score (nSPS) is 20.0. The first kappa shape index (κ1) is 23.7. The van der Waals surface area contributed by atoms with E-state index in [1.54, 1.807) is 12.1 Å². The Hall–Kier alpha value is -1.93. The van der Waals surface area contributed by atoms with Crippen molar-refractivity contribution in [2.75, 3.05) is 6.61 Å². The molecule has 170 valence electrons. The van der Waals surface area contributed by atoms with Crippen LogP contribution in [0.25, 0.3) is 0 Å². The largest absolute Gasteiger partial charge is 0.419 e. The fourth-order valence-electron chi connectivity index (χ4n) is 4.11. The molecule has 2 aromatic carbocycles. The molecule has 1 fully saturated rings. The summed E-state index contributed by atoms with van der Waals surface area (Å²) in [7, 11) is -3.76. The van der Waals surface area contributed by atoms with E-state index in [2.05, 4.69) is 0 Å². The van der Waals surface area contributed by atoms with E-state index in [0.717, 1.165) is 49.8 Å². The van der Waals surface area contributed by atoms with Crippen molar-refractivity contribution in [3.8, 4) is 0 Å². The molecule has 31 heavy (non-hydrogen) atoms. The molecule has 3 rings (SSSR count). The topological polar surface area (TPSA) is 43.4 Å². The molecule has 0 unspecified atom stereocenters. The molecule has 0 aliphatic heterocycles. The molecule has 1 aliphatic carbocycles. The van der Waals surface area contributed by atoms with E-state index in [9.17, 15) is 26.0 Å². The van der Waals surface area contributed by atoms with E-state index < -0.39 is 27.7 Å². The molecule has 2 aromatic rings. The third-order valence-corrected chi connectivity index (χ3v) is 7.25. The number of benzene rings is 2. The number of halogens is 4.